The van der Waals surface area contributed by atoms with Crippen LogP contribution in [0.3, 0.4) is 0 Å². The smallest absolute Gasteiger partial charge is 0.266 e. The molecular formula is C33H30Cl3N3O4. The molecule has 0 fully saturated rings. The minimum Gasteiger partial charge on any atom is -0.494 e. The van der Waals surface area contributed by atoms with E-state index in [-0.39, 0.29) is 13.0 Å². The molecule has 2 atom stereocenters. The summed E-state index contributed by atoms with van der Waals surface area (Å²) in [5, 5.41) is 10.5. The van der Waals surface area contributed by atoms with Crippen LogP contribution in [0.15, 0.2) is 102 Å². The Morgan fingerprint density at radius 2 is 1.65 bits per heavy atom. The maximum atomic E-state index is 14.3. The van der Waals surface area contributed by atoms with Crippen LogP contribution < -0.4 is 15.6 Å². The highest BCUT2D eigenvalue weighted by Gasteiger charge is 2.54. The van der Waals surface area contributed by atoms with Crippen molar-refractivity contribution in [1.29, 1.82) is 0 Å². The Balaban J connectivity index is 1.52. The zero-order chi connectivity index (χ0) is 30.2. The van der Waals surface area contributed by atoms with Crippen molar-refractivity contribution in [2.75, 3.05) is 13.2 Å². The van der Waals surface area contributed by atoms with Gasteiger partial charge >= 0.3 is 0 Å². The number of carbonyl (C=O) groups is 1. The molecule has 1 aliphatic rings. The molecule has 10 heteroatoms. The van der Waals surface area contributed by atoms with Crippen molar-refractivity contribution in [3.8, 4) is 5.75 Å². The van der Waals surface area contributed by atoms with Crippen LogP contribution in [0.25, 0.3) is 0 Å². The summed E-state index contributed by atoms with van der Waals surface area (Å²) in [6, 6.07) is 29.3. The summed E-state index contributed by atoms with van der Waals surface area (Å²) < 4.78 is 12.2. The minimum atomic E-state index is -1.44. The molecule has 0 bridgehead atoms. The van der Waals surface area contributed by atoms with Crippen molar-refractivity contribution in [3.63, 3.8) is 0 Å². The van der Waals surface area contributed by atoms with Crippen molar-refractivity contribution in [1.82, 2.24) is 10.9 Å². The Morgan fingerprint density at radius 3 is 2.37 bits per heavy atom. The summed E-state index contributed by atoms with van der Waals surface area (Å²) in [5.41, 5.74) is 7.49. The largest absolute Gasteiger partial charge is 0.494 e. The molecule has 0 radical (unpaired) electrons. The third-order valence-corrected chi connectivity index (χ3v) is 7.77. The van der Waals surface area contributed by atoms with Crippen LogP contribution in [0.2, 0.25) is 15.1 Å². The first-order valence-corrected chi connectivity index (χ1v) is 14.9. The maximum absolute atomic E-state index is 14.3. The average molecular weight is 639 g/mol. The number of benzene rings is 4. The summed E-state index contributed by atoms with van der Waals surface area (Å²) in [5.74, 6) is 0.541. The summed E-state index contributed by atoms with van der Waals surface area (Å²) in [6.45, 7) is 0.791. The lowest BCUT2D eigenvalue weighted by atomic mass is 9.82. The predicted octanol–water partition coefficient (Wildman–Crippen LogP) is 6.73. The van der Waals surface area contributed by atoms with Crippen molar-refractivity contribution in [2.45, 2.75) is 31.0 Å². The summed E-state index contributed by atoms with van der Waals surface area (Å²) >= 11 is 19.1. The Labute approximate surface area is 265 Å². The highest BCUT2D eigenvalue weighted by atomic mass is 35.5. The van der Waals surface area contributed by atoms with E-state index in [1.165, 1.54) is 0 Å². The minimum absolute atomic E-state index is 0.0525. The maximum Gasteiger partial charge on any atom is 0.266 e. The van der Waals surface area contributed by atoms with Crippen LogP contribution in [0, 0.1) is 0 Å². The molecule has 4 aromatic carbocycles. The number of aliphatic hydroxyl groups excluding tert-OH is 1. The van der Waals surface area contributed by atoms with Gasteiger partial charge < -0.3 is 14.6 Å². The third kappa shape index (κ3) is 7.50. The van der Waals surface area contributed by atoms with E-state index in [1.54, 1.807) is 36.4 Å². The zero-order valence-electron chi connectivity index (χ0n) is 23.1. The lowest BCUT2D eigenvalue weighted by molar-refractivity contribution is -0.130. The second-order valence-electron chi connectivity index (χ2n) is 10.1. The van der Waals surface area contributed by atoms with Crippen molar-refractivity contribution in [3.05, 3.63) is 134 Å². The van der Waals surface area contributed by atoms with E-state index in [9.17, 15) is 4.79 Å². The molecule has 0 saturated carbocycles. The molecule has 0 unspecified atom stereocenters. The van der Waals surface area contributed by atoms with E-state index in [1.807, 2.05) is 60.7 Å². The monoisotopic (exact) mass is 637 g/mol. The number of hydrogen-bond acceptors (Lipinski definition) is 6. The van der Waals surface area contributed by atoms with Crippen LogP contribution >= 0.6 is 34.8 Å². The fourth-order valence-corrected chi connectivity index (χ4v) is 5.58. The van der Waals surface area contributed by atoms with Gasteiger partial charge in [-0.25, -0.2) is 10.4 Å². The molecule has 1 amide bonds. The standard InChI is InChI=1S/C33H30Cl3N3O4/c34-25-9-4-8-23(18-25)21-37-39-32(41)33(20-22-6-2-1-3-7-22)30(28-15-12-26(35)19-29(28)36)43-31(38-33)24-10-13-27(14-11-24)42-17-5-16-40/h1-4,6-15,18-19,30,37,40H,5,16-17,20-21H2,(H,39,41)/t30-,33-/m0/s1. The Kier molecular flexibility index (Phi) is 10.2. The first-order chi connectivity index (χ1) is 20.9. The van der Waals surface area contributed by atoms with Crippen molar-refractivity contribution in [2.24, 2.45) is 4.99 Å². The number of halogens is 3. The van der Waals surface area contributed by atoms with E-state index in [4.69, 9.17) is 54.4 Å². The molecule has 0 aliphatic carbocycles. The molecule has 222 valence electrons. The number of nitrogens with zero attached hydrogens (tertiary/aromatic N) is 1. The second-order valence-corrected chi connectivity index (χ2v) is 11.3. The number of ether oxygens (including phenoxy) is 2. The van der Waals surface area contributed by atoms with Crippen LogP contribution in [0.1, 0.15) is 34.8 Å². The number of amides is 1. The zero-order valence-corrected chi connectivity index (χ0v) is 25.4. The Bertz CT molecular complexity index is 1580. The highest BCUT2D eigenvalue weighted by molar-refractivity contribution is 6.35. The lowest BCUT2D eigenvalue weighted by Gasteiger charge is -2.31. The van der Waals surface area contributed by atoms with Gasteiger partial charge in [-0.1, -0.05) is 83.3 Å². The van der Waals surface area contributed by atoms with Gasteiger partial charge in [0, 0.05) is 52.2 Å². The average Bonchev–Trinajstić information content (AvgIpc) is 3.38. The number of hydrogen-bond donors (Lipinski definition) is 3. The fraction of sp³-hybridized carbons (Fsp3) is 0.212. The number of carbonyl (C=O) groups excluding carboxylic acids is 1. The number of rotatable bonds is 12. The van der Waals surface area contributed by atoms with Crippen LogP contribution in [-0.4, -0.2) is 35.7 Å². The molecule has 5 rings (SSSR count). The van der Waals surface area contributed by atoms with E-state index < -0.39 is 17.6 Å². The molecule has 43 heavy (non-hydrogen) atoms. The fourth-order valence-electron chi connectivity index (χ4n) is 4.86. The molecule has 0 spiro atoms. The quantitative estimate of drug-likeness (QED) is 0.118. The van der Waals surface area contributed by atoms with Gasteiger partial charge in [0.25, 0.3) is 5.91 Å². The van der Waals surface area contributed by atoms with Crippen LogP contribution in [0.4, 0.5) is 0 Å². The van der Waals surface area contributed by atoms with Gasteiger partial charge in [-0.2, -0.15) is 0 Å². The third-order valence-electron chi connectivity index (χ3n) is 6.97. The molecule has 1 heterocycles. The second kappa shape index (κ2) is 14.3. The van der Waals surface area contributed by atoms with E-state index >= 15 is 0 Å². The molecule has 7 nitrogen and oxygen atoms in total. The highest BCUT2D eigenvalue weighted by Crippen LogP contribution is 2.45. The van der Waals surface area contributed by atoms with E-state index in [2.05, 4.69) is 10.9 Å². The van der Waals surface area contributed by atoms with E-state index in [0.717, 1.165) is 11.1 Å². The normalized spacial score (nSPS) is 17.7. The SMILES string of the molecule is O=C(NNCc1cccc(Cl)c1)[C@@]1(Cc2ccccc2)N=C(c2ccc(OCCCO)cc2)O[C@H]1c1ccc(Cl)cc1Cl. The number of aliphatic hydroxyl groups is 1. The van der Waals surface area contributed by atoms with Gasteiger partial charge in [0.15, 0.2) is 11.6 Å². The lowest BCUT2D eigenvalue weighted by Crippen LogP contribution is -2.53. The van der Waals surface area contributed by atoms with E-state index in [0.29, 0.717) is 57.4 Å². The Hall–Kier alpha value is -3.59. The van der Waals surface area contributed by atoms with Gasteiger partial charge in [0.05, 0.1) is 6.61 Å². The van der Waals surface area contributed by atoms with Crippen LogP contribution in [0.5, 0.6) is 5.75 Å². The van der Waals surface area contributed by atoms with Crippen molar-refractivity contribution < 1.29 is 19.4 Å². The molecule has 4 aromatic rings. The summed E-state index contributed by atoms with van der Waals surface area (Å²) in [7, 11) is 0. The first-order valence-electron chi connectivity index (χ1n) is 13.8. The predicted molar refractivity (Wildman–Crippen MR) is 170 cm³/mol. The first kappa shape index (κ1) is 30.9. The van der Waals surface area contributed by atoms with Gasteiger partial charge in [0.1, 0.15) is 5.75 Å². The van der Waals surface area contributed by atoms with Gasteiger partial charge in [-0.15, -0.1) is 0 Å². The van der Waals surface area contributed by atoms with Gasteiger partial charge in [-0.05, 0) is 59.7 Å². The van der Waals surface area contributed by atoms with Crippen LogP contribution in [-0.2, 0) is 22.5 Å². The molecule has 1 aliphatic heterocycles. The number of hydrazine groups is 1. The van der Waals surface area contributed by atoms with Gasteiger partial charge in [-0.3, -0.25) is 10.2 Å². The van der Waals surface area contributed by atoms with Gasteiger partial charge in [0.2, 0.25) is 5.90 Å². The van der Waals surface area contributed by atoms with Crippen molar-refractivity contribution >= 4 is 46.6 Å². The molecule has 3 N–H and O–H groups in total. The molecule has 0 aromatic heterocycles. The molecular weight excluding hydrogens is 609 g/mol. The topological polar surface area (TPSA) is 92.2 Å². The summed E-state index contributed by atoms with van der Waals surface area (Å²) in [4.78, 5) is 19.3. The Morgan fingerprint density at radius 1 is 0.907 bits per heavy atom. The number of aliphatic imine (C=N–C) groups is 1. The molecule has 0 saturated heterocycles. The summed E-state index contributed by atoms with van der Waals surface area (Å²) in [6.07, 6.45) is -0.113. The number of nitrogens with one attached hydrogen (secondary N) is 2.